The van der Waals surface area contributed by atoms with E-state index in [0.29, 0.717) is 0 Å². The molecule has 0 radical (unpaired) electrons. The van der Waals surface area contributed by atoms with Crippen molar-refractivity contribution < 1.29 is 9.13 Å². The molecule has 3 rings (SSSR count). The Bertz CT molecular complexity index is 722. The van der Waals surface area contributed by atoms with Crippen LogP contribution in [0.5, 0.6) is 5.75 Å². The maximum absolute atomic E-state index is 13.7. The fourth-order valence-corrected chi connectivity index (χ4v) is 2.04. The van der Waals surface area contributed by atoms with E-state index < -0.39 is 0 Å². The van der Waals surface area contributed by atoms with Crippen LogP contribution in [-0.2, 0) is 0 Å². The van der Waals surface area contributed by atoms with Crippen LogP contribution in [0.3, 0.4) is 0 Å². The molecule has 0 aliphatic rings. The standard InChI is InChI=1S/C16H13FN2O/c1-20-15-8-7-12(9-13(15)17)14-10-18-16(19-14)11-5-3-2-4-6-11/h2-10H,1H3,(H,18,19). The van der Waals surface area contributed by atoms with Crippen LogP contribution >= 0.6 is 0 Å². The molecule has 100 valence electrons. The molecule has 0 unspecified atom stereocenters. The van der Waals surface area contributed by atoms with E-state index in [9.17, 15) is 4.39 Å². The number of hydrogen-bond acceptors (Lipinski definition) is 2. The van der Waals surface area contributed by atoms with E-state index in [2.05, 4.69) is 9.97 Å². The third-order valence-electron chi connectivity index (χ3n) is 3.09. The highest BCUT2D eigenvalue weighted by molar-refractivity contribution is 5.65. The summed E-state index contributed by atoms with van der Waals surface area (Å²) in [6.45, 7) is 0. The largest absolute Gasteiger partial charge is 0.494 e. The Hall–Kier alpha value is -2.62. The number of nitrogens with one attached hydrogen (secondary N) is 1. The van der Waals surface area contributed by atoms with Gasteiger partial charge in [-0.2, -0.15) is 0 Å². The summed E-state index contributed by atoms with van der Waals surface area (Å²) >= 11 is 0. The van der Waals surface area contributed by atoms with Gasteiger partial charge in [0.25, 0.3) is 0 Å². The fraction of sp³-hybridized carbons (Fsp3) is 0.0625. The zero-order valence-corrected chi connectivity index (χ0v) is 10.9. The SMILES string of the molecule is COc1ccc(-c2cnc(-c3ccccc3)[nH]2)cc1F. The van der Waals surface area contributed by atoms with Crippen LogP contribution < -0.4 is 4.74 Å². The quantitative estimate of drug-likeness (QED) is 0.782. The lowest BCUT2D eigenvalue weighted by molar-refractivity contribution is 0.386. The van der Waals surface area contributed by atoms with Crippen molar-refractivity contribution >= 4 is 0 Å². The number of H-pyrrole nitrogens is 1. The van der Waals surface area contributed by atoms with E-state index in [0.717, 1.165) is 22.6 Å². The first-order chi connectivity index (χ1) is 9.78. The molecule has 4 heteroatoms. The van der Waals surface area contributed by atoms with Gasteiger partial charge in [0.15, 0.2) is 11.6 Å². The molecule has 20 heavy (non-hydrogen) atoms. The average molecular weight is 268 g/mol. The summed E-state index contributed by atoms with van der Waals surface area (Å²) in [6, 6.07) is 14.6. The first kappa shape index (κ1) is 12.4. The maximum Gasteiger partial charge on any atom is 0.165 e. The highest BCUT2D eigenvalue weighted by atomic mass is 19.1. The molecule has 0 spiro atoms. The van der Waals surface area contributed by atoms with Crippen LogP contribution in [0.2, 0.25) is 0 Å². The Morgan fingerprint density at radius 2 is 1.85 bits per heavy atom. The number of aromatic amines is 1. The molecule has 0 bridgehead atoms. The number of benzene rings is 2. The zero-order chi connectivity index (χ0) is 13.9. The molecule has 1 aromatic heterocycles. The third-order valence-corrected chi connectivity index (χ3v) is 3.09. The summed E-state index contributed by atoms with van der Waals surface area (Å²) in [5, 5.41) is 0. The van der Waals surface area contributed by atoms with E-state index in [1.54, 1.807) is 18.3 Å². The number of aromatic nitrogens is 2. The van der Waals surface area contributed by atoms with E-state index >= 15 is 0 Å². The fourth-order valence-electron chi connectivity index (χ4n) is 2.04. The molecular formula is C16H13FN2O. The van der Waals surface area contributed by atoms with Gasteiger partial charge in [-0.1, -0.05) is 30.3 Å². The van der Waals surface area contributed by atoms with Gasteiger partial charge in [-0.25, -0.2) is 9.37 Å². The van der Waals surface area contributed by atoms with Gasteiger partial charge in [0.2, 0.25) is 0 Å². The minimum atomic E-state index is -0.388. The Labute approximate surface area is 116 Å². The number of nitrogens with zero attached hydrogens (tertiary/aromatic N) is 1. The van der Waals surface area contributed by atoms with Crippen LogP contribution in [0.1, 0.15) is 0 Å². The molecule has 0 amide bonds. The number of hydrogen-bond donors (Lipinski definition) is 1. The van der Waals surface area contributed by atoms with Crippen molar-refractivity contribution in [2.45, 2.75) is 0 Å². The van der Waals surface area contributed by atoms with E-state index in [1.807, 2.05) is 30.3 Å². The molecule has 0 atom stereocenters. The van der Waals surface area contributed by atoms with Crippen LogP contribution in [0, 0.1) is 5.82 Å². The Balaban J connectivity index is 1.96. The lowest BCUT2D eigenvalue weighted by Crippen LogP contribution is -1.88. The second-order valence-electron chi connectivity index (χ2n) is 4.36. The summed E-state index contributed by atoms with van der Waals surface area (Å²) in [5.74, 6) is 0.606. The van der Waals surface area contributed by atoms with Gasteiger partial charge in [0, 0.05) is 11.1 Å². The second-order valence-corrected chi connectivity index (χ2v) is 4.36. The van der Waals surface area contributed by atoms with Crippen LogP contribution in [0.25, 0.3) is 22.6 Å². The van der Waals surface area contributed by atoms with E-state index in [-0.39, 0.29) is 11.6 Å². The lowest BCUT2D eigenvalue weighted by atomic mass is 10.1. The van der Waals surface area contributed by atoms with Gasteiger partial charge in [0.1, 0.15) is 5.82 Å². The first-order valence-electron chi connectivity index (χ1n) is 6.22. The van der Waals surface area contributed by atoms with Crippen molar-refractivity contribution in [3.05, 3.63) is 60.5 Å². The average Bonchev–Trinajstić information content (AvgIpc) is 2.98. The first-order valence-corrected chi connectivity index (χ1v) is 6.22. The van der Waals surface area contributed by atoms with Crippen LogP contribution in [-0.4, -0.2) is 17.1 Å². The van der Waals surface area contributed by atoms with Crippen LogP contribution in [0.15, 0.2) is 54.7 Å². The predicted octanol–water partition coefficient (Wildman–Crippen LogP) is 3.89. The molecule has 0 aliphatic heterocycles. The van der Waals surface area contributed by atoms with E-state index in [4.69, 9.17) is 4.74 Å². The van der Waals surface area contributed by atoms with Crippen molar-refractivity contribution in [1.82, 2.24) is 9.97 Å². The number of imidazole rings is 1. The van der Waals surface area contributed by atoms with Gasteiger partial charge in [-0.15, -0.1) is 0 Å². The van der Waals surface area contributed by atoms with Gasteiger partial charge in [-0.05, 0) is 18.2 Å². The van der Waals surface area contributed by atoms with Crippen molar-refractivity contribution in [2.24, 2.45) is 0 Å². The summed E-state index contributed by atoms with van der Waals surface area (Å²) in [5.41, 5.74) is 2.50. The maximum atomic E-state index is 13.7. The molecular weight excluding hydrogens is 255 g/mol. The highest BCUT2D eigenvalue weighted by Crippen LogP contribution is 2.26. The molecule has 0 fully saturated rings. The van der Waals surface area contributed by atoms with Crippen molar-refractivity contribution in [3.8, 4) is 28.4 Å². The smallest absolute Gasteiger partial charge is 0.165 e. The lowest BCUT2D eigenvalue weighted by Gasteiger charge is -2.03. The monoisotopic (exact) mass is 268 g/mol. The third kappa shape index (κ3) is 2.28. The molecule has 2 aromatic carbocycles. The summed E-state index contributed by atoms with van der Waals surface area (Å²) in [6.07, 6.45) is 1.70. The summed E-state index contributed by atoms with van der Waals surface area (Å²) < 4.78 is 18.6. The molecule has 1 heterocycles. The summed E-state index contributed by atoms with van der Waals surface area (Å²) in [4.78, 5) is 7.52. The number of rotatable bonds is 3. The van der Waals surface area contributed by atoms with Gasteiger partial charge < -0.3 is 9.72 Å². The normalized spacial score (nSPS) is 10.5. The molecule has 3 aromatic rings. The Kier molecular flexibility index (Phi) is 3.21. The van der Waals surface area contributed by atoms with Gasteiger partial charge >= 0.3 is 0 Å². The molecule has 3 nitrogen and oxygen atoms in total. The van der Waals surface area contributed by atoms with Crippen LogP contribution in [0.4, 0.5) is 4.39 Å². The van der Waals surface area contributed by atoms with Crippen molar-refractivity contribution in [2.75, 3.05) is 7.11 Å². The molecule has 0 aliphatic carbocycles. The topological polar surface area (TPSA) is 37.9 Å². The van der Waals surface area contributed by atoms with Gasteiger partial charge in [0.05, 0.1) is 19.0 Å². The number of halogens is 1. The molecule has 0 saturated carbocycles. The van der Waals surface area contributed by atoms with Gasteiger partial charge in [-0.3, -0.25) is 0 Å². The summed E-state index contributed by atoms with van der Waals surface area (Å²) in [7, 11) is 1.45. The second kappa shape index (κ2) is 5.17. The predicted molar refractivity (Wildman–Crippen MR) is 76.0 cm³/mol. The zero-order valence-electron chi connectivity index (χ0n) is 10.9. The minimum Gasteiger partial charge on any atom is -0.494 e. The molecule has 0 saturated heterocycles. The minimum absolute atomic E-state index is 0.233. The van der Waals surface area contributed by atoms with Crippen molar-refractivity contribution in [3.63, 3.8) is 0 Å². The number of methoxy groups -OCH3 is 1. The highest BCUT2D eigenvalue weighted by Gasteiger charge is 2.08. The number of ether oxygens (including phenoxy) is 1. The molecule has 1 N–H and O–H groups in total. The Morgan fingerprint density at radius 1 is 1.05 bits per heavy atom. The van der Waals surface area contributed by atoms with E-state index in [1.165, 1.54) is 13.2 Å². The van der Waals surface area contributed by atoms with Crippen molar-refractivity contribution in [1.29, 1.82) is 0 Å². The Morgan fingerprint density at radius 3 is 2.55 bits per heavy atom.